The topological polar surface area (TPSA) is 91.7 Å². The maximum Gasteiger partial charge on any atom is 0.328 e. The molecule has 0 radical (unpaired) electrons. The van der Waals surface area contributed by atoms with Gasteiger partial charge in [-0.05, 0) is 47.5 Å². The summed E-state index contributed by atoms with van der Waals surface area (Å²) in [6, 6.07) is 20.4. The van der Waals surface area contributed by atoms with Gasteiger partial charge in [0.25, 0.3) is 0 Å². The standard InChI is InChI=1S/C32H34FN3O5S/c1-32(2,22-11-16-26(39-3)27(18-22)40-4)28-19-34-31(36(28)24-14-12-23(33)13-15-24)42-20-29(37)35-25(30(38)41-5)17-21-9-7-6-8-10-21/h6-16,18-19,25H,17,20H2,1-5H3,(H,35,37)/t25-/m0/s1. The molecule has 3 aromatic carbocycles. The van der Waals surface area contributed by atoms with Crippen LogP contribution in [0.2, 0.25) is 0 Å². The third kappa shape index (κ3) is 6.94. The Morgan fingerprint density at radius 2 is 1.67 bits per heavy atom. The highest BCUT2D eigenvalue weighted by molar-refractivity contribution is 7.99. The maximum absolute atomic E-state index is 13.9. The van der Waals surface area contributed by atoms with Gasteiger partial charge in [-0.2, -0.15) is 0 Å². The first kappa shape index (κ1) is 30.6. The van der Waals surface area contributed by atoms with Gasteiger partial charge < -0.3 is 19.5 Å². The van der Waals surface area contributed by atoms with Gasteiger partial charge >= 0.3 is 5.97 Å². The number of carbonyl (C=O) groups excluding carboxylic acids is 2. The fourth-order valence-corrected chi connectivity index (χ4v) is 5.45. The largest absolute Gasteiger partial charge is 0.493 e. The molecule has 0 spiro atoms. The van der Waals surface area contributed by atoms with Crippen LogP contribution < -0.4 is 14.8 Å². The zero-order valence-electron chi connectivity index (χ0n) is 24.2. The van der Waals surface area contributed by atoms with E-state index in [0.717, 1.165) is 16.8 Å². The summed E-state index contributed by atoms with van der Waals surface area (Å²) in [6.07, 6.45) is 2.06. The number of amides is 1. The third-order valence-corrected chi connectivity index (χ3v) is 7.95. The first-order chi connectivity index (χ1) is 20.2. The molecule has 0 aliphatic heterocycles. The lowest BCUT2D eigenvalue weighted by Crippen LogP contribution is -2.43. The van der Waals surface area contributed by atoms with Crippen molar-refractivity contribution in [2.24, 2.45) is 0 Å². The van der Waals surface area contributed by atoms with Crippen LogP contribution >= 0.6 is 11.8 Å². The maximum atomic E-state index is 13.9. The number of methoxy groups -OCH3 is 3. The Labute approximate surface area is 249 Å². The average molecular weight is 592 g/mol. The molecule has 0 unspecified atom stereocenters. The Hall–Kier alpha value is -4.31. The molecule has 1 N–H and O–H groups in total. The highest BCUT2D eigenvalue weighted by atomic mass is 32.2. The van der Waals surface area contributed by atoms with E-state index < -0.39 is 17.4 Å². The first-order valence-electron chi connectivity index (χ1n) is 13.3. The molecular formula is C32H34FN3O5S. The van der Waals surface area contributed by atoms with Gasteiger partial charge in [0.2, 0.25) is 5.91 Å². The molecule has 4 aromatic rings. The SMILES string of the molecule is COC(=O)[C@H](Cc1ccccc1)NC(=O)CSc1ncc(C(C)(C)c2ccc(OC)c(OC)c2)n1-c1ccc(F)cc1. The average Bonchev–Trinajstić information content (AvgIpc) is 3.44. The number of rotatable bonds is 12. The predicted molar refractivity (Wildman–Crippen MR) is 160 cm³/mol. The molecule has 8 nitrogen and oxygen atoms in total. The second kappa shape index (κ2) is 13.6. The minimum atomic E-state index is -0.832. The van der Waals surface area contributed by atoms with E-state index >= 15 is 0 Å². The van der Waals surface area contributed by atoms with Gasteiger partial charge in [-0.1, -0.05) is 62.0 Å². The Balaban J connectivity index is 1.62. The minimum absolute atomic E-state index is 0.00325. The molecule has 1 amide bonds. The molecule has 4 rings (SSSR count). The summed E-state index contributed by atoms with van der Waals surface area (Å²) in [5.74, 6) is -0.0247. The fourth-order valence-electron chi connectivity index (χ4n) is 4.64. The lowest BCUT2D eigenvalue weighted by atomic mass is 9.81. The summed E-state index contributed by atoms with van der Waals surface area (Å²) < 4.78 is 31.6. The van der Waals surface area contributed by atoms with Crippen molar-refractivity contribution >= 4 is 23.6 Å². The van der Waals surface area contributed by atoms with E-state index in [-0.39, 0.29) is 17.5 Å². The second-order valence-electron chi connectivity index (χ2n) is 10.1. The van der Waals surface area contributed by atoms with Crippen LogP contribution in [0.3, 0.4) is 0 Å². The molecule has 0 aliphatic carbocycles. The number of halogens is 1. The van der Waals surface area contributed by atoms with Crippen LogP contribution in [0.4, 0.5) is 4.39 Å². The van der Waals surface area contributed by atoms with Gasteiger partial charge in [-0.15, -0.1) is 0 Å². The highest BCUT2D eigenvalue weighted by Crippen LogP contribution is 2.39. The van der Waals surface area contributed by atoms with E-state index in [0.29, 0.717) is 28.8 Å². The summed E-state index contributed by atoms with van der Waals surface area (Å²) in [6.45, 7) is 4.11. The number of nitrogens with one attached hydrogen (secondary N) is 1. The first-order valence-corrected chi connectivity index (χ1v) is 14.3. The summed E-state index contributed by atoms with van der Waals surface area (Å²) in [5, 5.41) is 3.33. The van der Waals surface area contributed by atoms with E-state index in [1.54, 1.807) is 32.5 Å². The van der Waals surface area contributed by atoms with Crippen molar-refractivity contribution in [3.63, 3.8) is 0 Å². The molecular weight excluding hydrogens is 557 g/mol. The zero-order chi connectivity index (χ0) is 30.3. The number of esters is 1. The Kier molecular flexibility index (Phi) is 9.90. The summed E-state index contributed by atoms with van der Waals surface area (Å²) in [4.78, 5) is 30.1. The number of nitrogens with zero attached hydrogens (tertiary/aromatic N) is 2. The van der Waals surface area contributed by atoms with E-state index in [1.165, 1.54) is 31.0 Å². The molecule has 0 bridgehead atoms. The van der Waals surface area contributed by atoms with Gasteiger partial charge in [-0.3, -0.25) is 9.36 Å². The van der Waals surface area contributed by atoms with Gasteiger partial charge in [-0.25, -0.2) is 14.2 Å². The second-order valence-corrected chi connectivity index (χ2v) is 11.0. The molecule has 10 heteroatoms. The number of ether oxygens (including phenoxy) is 3. The van der Waals surface area contributed by atoms with Gasteiger partial charge in [0.15, 0.2) is 16.7 Å². The number of imidazole rings is 1. The number of hydrogen-bond donors (Lipinski definition) is 1. The highest BCUT2D eigenvalue weighted by Gasteiger charge is 2.31. The van der Waals surface area contributed by atoms with Crippen LogP contribution in [0.5, 0.6) is 11.5 Å². The Morgan fingerprint density at radius 1 is 0.976 bits per heavy atom. The van der Waals surface area contributed by atoms with Gasteiger partial charge in [0.05, 0.1) is 39.0 Å². The van der Waals surface area contributed by atoms with Crippen molar-refractivity contribution in [2.75, 3.05) is 27.1 Å². The molecule has 1 atom stereocenters. The summed E-state index contributed by atoms with van der Waals surface area (Å²) >= 11 is 1.22. The summed E-state index contributed by atoms with van der Waals surface area (Å²) in [5.41, 5.74) is 2.78. The van der Waals surface area contributed by atoms with Gasteiger partial charge in [0, 0.05) is 17.5 Å². The van der Waals surface area contributed by atoms with Crippen LogP contribution in [0, 0.1) is 5.82 Å². The molecule has 0 saturated heterocycles. The van der Waals surface area contributed by atoms with E-state index in [1.807, 2.05) is 53.1 Å². The smallest absolute Gasteiger partial charge is 0.328 e. The molecule has 1 heterocycles. The number of aromatic nitrogens is 2. The van der Waals surface area contributed by atoms with Crippen molar-refractivity contribution in [2.45, 2.75) is 36.9 Å². The zero-order valence-corrected chi connectivity index (χ0v) is 25.0. The molecule has 42 heavy (non-hydrogen) atoms. The van der Waals surface area contributed by atoms with E-state index in [4.69, 9.17) is 14.2 Å². The van der Waals surface area contributed by atoms with Crippen LogP contribution in [0.1, 0.15) is 30.7 Å². The normalized spacial score (nSPS) is 12.0. The molecule has 0 fully saturated rings. The van der Waals surface area contributed by atoms with Crippen LogP contribution in [0.15, 0.2) is 84.1 Å². The Morgan fingerprint density at radius 3 is 2.31 bits per heavy atom. The lowest BCUT2D eigenvalue weighted by Gasteiger charge is -2.28. The van der Waals surface area contributed by atoms with Gasteiger partial charge in [0.1, 0.15) is 11.9 Å². The summed E-state index contributed by atoms with van der Waals surface area (Å²) in [7, 11) is 4.46. The predicted octanol–water partition coefficient (Wildman–Crippen LogP) is 5.35. The van der Waals surface area contributed by atoms with Crippen molar-refractivity contribution in [1.29, 1.82) is 0 Å². The number of hydrogen-bond acceptors (Lipinski definition) is 7. The monoisotopic (exact) mass is 591 g/mol. The number of carbonyl (C=O) groups is 2. The van der Waals surface area contributed by atoms with E-state index in [9.17, 15) is 14.0 Å². The van der Waals surface area contributed by atoms with Crippen LogP contribution in [-0.2, 0) is 26.2 Å². The molecule has 0 saturated carbocycles. The van der Waals surface area contributed by atoms with Crippen molar-refractivity contribution in [3.05, 3.63) is 102 Å². The van der Waals surface area contributed by atoms with Crippen molar-refractivity contribution < 1.29 is 28.2 Å². The van der Waals surface area contributed by atoms with Crippen LogP contribution in [-0.4, -0.2) is 54.6 Å². The van der Waals surface area contributed by atoms with Crippen molar-refractivity contribution in [1.82, 2.24) is 14.9 Å². The molecule has 1 aromatic heterocycles. The fraction of sp³-hybridized carbons (Fsp3) is 0.281. The van der Waals surface area contributed by atoms with Crippen molar-refractivity contribution in [3.8, 4) is 17.2 Å². The number of thioether (sulfide) groups is 1. The molecule has 220 valence electrons. The Bertz CT molecular complexity index is 1520. The number of benzene rings is 3. The minimum Gasteiger partial charge on any atom is -0.493 e. The van der Waals surface area contributed by atoms with Crippen LogP contribution in [0.25, 0.3) is 5.69 Å². The van der Waals surface area contributed by atoms with E-state index in [2.05, 4.69) is 24.1 Å². The lowest BCUT2D eigenvalue weighted by molar-refractivity contribution is -0.144. The quantitative estimate of drug-likeness (QED) is 0.176. The molecule has 0 aliphatic rings. The third-order valence-electron chi connectivity index (χ3n) is 7.00.